The molecule has 3 aromatic rings. The molecule has 0 atom stereocenters. The zero-order valence-electron chi connectivity index (χ0n) is 18.0. The molecular weight excluding hydrogens is 424 g/mol. The monoisotopic (exact) mass is 442 g/mol. The van der Waals surface area contributed by atoms with Crippen molar-refractivity contribution in [2.45, 2.75) is 20.8 Å². The molecule has 0 bridgehead atoms. The average Bonchev–Trinajstić information content (AvgIpc) is 2.81. The Labute approximate surface area is 189 Å². The number of carbonyl (C=O) groups excluding carboxylic acids is 4. The van der Waals surface area contributed by atoms with Crippen molar-refractivity contribution in [2.75, 3.05) is 0 Å². The van der Waals surface area contributed by atoms with Crippen LogP contribution in [-0.4, -0.2) is 24.1 Å². The quantitative estimate of drug-likeness (QED) is 0.230. The van der Waals surface area contributed by atoms with E-state index in [1.165, 1.54) is 60.7 Å². The fraction of sp³-hybridized carbons (Fsp3) is 0.120. The highest BCUT2D eigenvalue weighted by Crippen LogP contribution is 2.34. The summed E-state index contributed by atoms with van der Waals surface area (Å²) >= 11 is 0. The van der Waals surface area contributed by atoms with Gasteiger partial charge < -0.3 is 9.47 Å². The van der Waals surface area contributed by atoms with Gasteiger partial charge in [0, 0.05) is 0 Å². The first kappa shape index (κ1) is 23.0. The maximum Gasteiger partial charge on any atom is 0.343 e. The Morgan fingerprint density at radius 3 is 1.61 bits per heavy atom. The maximum absolute atomic E-state index is 12.6. The van der Waals surface area contributed by atoms with Gasteiger partial charge in [0.15, 0.2) is 0 Å². The van der Waals surface area contributed by atoms with Gasteiger partial charge in [-0.25, -0.2) is 19.2 Å². The predicted molar refractivity (Wildman–Crippen MR) is 119 cm³/mol. The number of aliphatic imine (C=N–C) groups is 2. The van der Waals surface area contributed by atoms with E-state index in [4.69, 9.17) is 9.47 Å². The largest absolute Gasteiger partial charge is 0.423 e. The highest BCUT2D eigenvalue weighted by molar-refractivity contribution is 5.93. The lowest BCUT2D eigenvalue weighted by Crippen LogP contribution is -2.13. The minimum Gasteiger partial charge on any atom is -0.423 e. The van der Waals surface area contributed by atoms with Crippen molar-refractivity contribution in [1.29, 1.82) is 0 Å². The van der Waals surface area contributed by atoms with E-state index in [0.717, 1.165) is 0 Å². The lowest BCUT2D eigenvalue weighted by molar-refractivity contribution is 0.0716. The maximum atomic E-state index is 12.6. The third kappa shape index (κ3) is 5.35. The summed E-state index contributed by atoms with van der Waals surface area (Å²) in [6.07, 6.45) is 2.87. The number of isocyanates is 2. The molecule has 0 aliphatic carbocycles. The van der Waals surface area contributed by atoms with Crippen molar-refractivity contribution in [2.24, 2.45) is 9.98 Å². The van der Waals surface area contributed by atoms with Gasteiger partial charge in [-0.1, -0.05) is 0 Å². The van der Waals surface area contributed by atoms with Crippen molar-refractivity contribution in [3.63, 3.8) is 0 Å². The first-order chi connectivity index (χ1) is 15.8. The Morgan fingerprint density at radius 1 is 0.697 bits per heavy atom. The van der Waals surface area contributed by atoms with Crippen molar-refractivity contribution in [3.8, 4) is 11.5 Å². The van der Waals surface area contributed by atoms with Crippen LogP contribution in [0.2, 0.25) is 0 Å². The highest BCUT2D eigenvalue weighted by atomic mass is 16.5. The second-order valence-corrected chi connectivity index (χ2v) is 7.05. The molecule has 0 spiro atoms. The molecule has 0 amide bonds. The fourth-order valence-corrected chi connectivity index (χ4v) is 3.04. The van der Waals surface area contributed by atoms with Crippen LogP contribution in [0.3, 0.4) is 0 Å². The van der Waals surface area contributed by atoms with Crippen LogP contribution < -0.4 is 9.47 Å². The van der Waals surface area contributed by atoms with E-state index >= 15 is 0 Å². The van der Waals surface area contributed by atoms with E-state index in [1.807, 2.05) is 0 Å². The van der Waals surface area contributed by atoms with Gasteiger partial charge in [0.25, 0.3) is 0 Å². The Balaban J connectivity index is 1.80. The zero-order chi connectivity index (χ0) is 24.0. The number of hydrogen-bond donors (Lipinski definition) is 0. The molecule has 33 heavy (non-hydrogen) atoms. The van der Waals surface area contributed by atoms with Crippen molar-refractivity contribution < 1.29 is 28.7 Å². The molecule has 0 saturated heterocycles. The third-order valence-electron chi connectivity index (χ3n) is 4.93. The van der Waals surface area contributed by atoms with Gasteiger partial charge in [-0.2, -0.15) is 9.98 Å². The first-order valence-corrected chi connectivity index (χ1v) is 9.75. The molecule has 0 aliphatic heterocycles. The summed E-state index contributed by atoms with van der Waals surface area (Å²) < 4.78 is 11.1. The van der Waals surface area contributed by atoms with Crippen molar-refractivity contribution in [3.05, 3.63) is 82.4 Å². The highest BCUT2D eigenvalue weighted by Gasteiger charge is 2.19. The van der Waals surface area contributed by atoms with E-state index < -0.39 is 11.9 Å². The molecule has 0 heterocycles. The average molecular weight is 442 g/mol. The Morgan fingerprint density at radius 2 is 1.15 bits per heavy atom. The minimum atomic E-state index is -0.582. The first-order valence-electron chi connectivity index (χ1n) is 9.75. The number of benzene rings is 3. The molecule has 8 nitrogen and oxygen atoms in total. The molecule has 3 rings (SSSR count). The number of aryl methyl sites for hydroxylation is 1. The Kier molecular flexibility index (Phi) is 7.06. The molecule has 0 radical (unpaired) electrons. The van der Waals surface area contributed by atoms with Gasteiger partial charge in [-0.15, -0.1) is 0 Å². The van der Waals surface area contributed by atoms with E-state index in [-0.39, 0.29) is 11.1 Å². The van der Waals surface area contributed by atoms with E-state index in [2.05, 4.69) is 9.98 Å². The number of ether oxygens (including phenoxy) is 2. The molecule has 0 N–H and O–H groups in total. The van der Waals surface area contributed by atoms with Gasteiger partial charge in [-0.3, -0.25) is 0 Å². The lowest BCUT2D eigenvalue weighted by Gasteiger charge is -2.16. The number of hydrogen-bond acceptors (Lipinski definition) is 8. The zero-order valence-corrected chi connectivity index (χ0v) is 18.0. The van der Waals surface area contributed by atoms with Gasteiger partial charge in [0.1, 0.15) is 11.5 Å². The molecule has 0 aromatic heterocycles. The topological polar surface area (TPSA) is 111 Å². The molecule has 3 aromatic carbocycles. The second kappa shape index (κ2) is 10.1. The van der Waals surface area contributed by atoms with Crippen LogP contribution in [0.5, 0.6) is 11.5 Å². The van der Waals surface area contributed by atoms with E-state index in [9.17, 15) is 19.2 Å². The van der Waals surface area contributed by atoms with E-state index in [0.29, 0.717) is 39.6 Å². The molecule has 0 aliphatic rings. The normalized spacial score (nSPS) is 9.91. The molecular formula is C25H18N2O6. The Hall–Kier alpha value is -4.64. The lowest BCUT2D eigenvalue weighted by atomic mass is 10.0. The molecule has 0 unspecified atom stereocenters. The summed E-state index contributed by atoms with van der Waals surface area (Å²) in [6.45, 7) is 5.25. The van der Waals surface area contributed by atoms with Crippen LogP contribution in [0, 0.1) is 20.8 Å². The van der Waals surface area contributed by atoms with Gasteiger partial charge in [-0.05, 0) is 92.1 Å². The molecule has 0 fully saturated rings. The number of rotatable bonds is 6. The summed E-state index contributed by atoms with van der Waals surface area (Å²) in [5.74, 6) is -0.462. The summed E-state index contributed by atoms with van der Waals surface area (Å²) in [7, 11) is 0. The summed E-state index contributed by atoms with van der Waals surface area (Å²) in [4.78, 5) is 52.7. The van der Waals surface area contributed by atoms with Gasteiger partial charge in [0.05, 0.1) is 22.5 Å². The van der Waals surface area contributed by atoms with Gasteiger partial charge in [0.2, 0.25) is 12.2 Å². The summed E-state index contributed by atoms with van der Waals surface area (Å²) in [5, 5.41) is 0. The standard InChI is InChI=1S/C25H18N2O6/c1-15-12-22(32-24(30)18-4-8-20(9-5-18)26-13-28)16(2)17(3)23(15)33-25(31)19-6-10-21(11-7-19)27-14-29/h4-12H,1-3H3. The van der Waals surface area contributed by atoms with Crippen LogP contribution in [0.15, 0.2) is 64.6 Å². The van der Waals surface area contributed by atoms with E-state index in [1.54, 1.807) is 26.8 Å². The number of carbonyl (C=O) groups is 2. The third-order valence-corrected chi connectivity index (χ3v) is 4.93. The number of nitrogens with zero attached hydrogens (tertiary/aromatic N) is 2. The molecule has 0 saturated carbocycles. The van der Waals surface area contributed by atoms with Crippen molar-refractivity contribution in [1.82, 2.24) is 0 Å². The summed E-state index contributed by atoms with van der Waals surface area (Å²) in [6, 6.07) is 13.6. The summed E-state index contributed by atoms with van der Waals surface area (Å²) in [5.41, 5.74) is 3.20. The van der Waals surface area contributed by atoms with Gasteiger partial charge >= 0.3 is 11.9 Å². The predicted octanol–water partition coefficient (Wildman–Crippen LogP) is 4.98. The van der Waals surface area contributed by atoms with Crippen molar-refractivity contribution >= 4 is 35.5 Å². The van der Waals surface area contributed by atoms with Crippen LogP contribution in [-0.2, 0) is 9.59 Å². The van der Waals surface area contributed by atoms with Crippen LogP contribution >= 0.6 is 0 Å². The molecule has 164 valence electrons. The van der Waals surface area contributed by atoms with Crippen LogP contribution in [0.25, 0.3) is 0 Å². The minimum absolute atomic E-state index is 0.285. The molecule has 8 heteroatoms. The number of esters is 2. The Bertz CT molecular complexity index is 1310. The van der Waals surface area contributed by atoms with Crippen LogP contribution in [0.4, 0.5) is 11.4 Å². The van der Waals surface area contributed by atoms with Crippen LogP contribution in [0.1, 0.15) is 37.4 Å². The second-order valence-electron chi connectivity index (χ2n) is 7.05. The SMILES string of the molecule is Cc1cc(OC(=O)c2ccc(N=C=O)cc2)c(C)c(C)c1OC(=O)c1ccc(N=C=O)cc1. The smallest absolute Gasteiger partial charge is 0.343 e. The fourth-order valence-electron chi connectivity index (χ4n) is 3.04.